The van der Waals surface area contributed by atoms with Crippen molar-refractivity contribution in [3.05, 3.63) is 41.3 Å². The van der Waals surface area contributed by atoms with Crippen LogP contribution >= 0.6 is 0 Å². The Morgan fingerprint density at radius 2 is 2.19 bits per heavy atom. The molecule has 2 N–H and O–H groups in total. The number of hydrogen-bond acceptors (Lipinski definition) is 5. The quantitative estimate of drug-likeness (QED) is 0.884. The Hall–Kier alpha value is -2.34. The molecule has 0 spiro atoms. The molecule has 2 aromatic rings. The van der Waals surface area contributed by atoms with Gasteiger partial charge in [0.25, 0.3) is 5.91 Å². The Balaban J connectivity index is 2.15. The van der Waals surface area contributed by atoms with Gasteiger partial charge in [0.05, 0.1) is 13.7 Å². The van der Waals surface area contributed by atoms with Gasteiger partial charge in [-0.05, 0) is 18.2 Å². The van der Waals surface area contributed by atoms with E-state index in [1.54, 1.807) is 24.3 Å². The highest BCUT2D eigenvalue weighted by atomic mass is 16.5. The molecule has 0 aliphatic carbocycles. The maximum Gasteiger partial charge on any atom is 0.277 e. The molecule has 1 aromatic heterocycles. The number of carbonyl (C=O) groups is 1. The Morgan fingerprint density at radius 3 is 2.76 bits per heavy atom. The van der Waals surface area contributed by atoms with Gasteiger partial charge in [0.2, 0.25) is 0 Å². The van der Waals surface area contributed by atoms with Gasteiger partial charge in [-0.1, -0.05) is 19.0 Å². The van der Waals surface area contributed by atoms with Crippen molar-refractivity contribution in [2.45, 2.75) is 26.4 Å². The van der Waals surface area contributed by atoms with Gasteiger partial charge in [-0.25, -0.2) is 0 Å². The van der Waals surface area contributed by atoms with E-state index in [4.69, 9.17) is 9.26 Å². The number of carbonyl (C=O) groups excluding carboxylic acids is 1. The summed E-state index contributed by atoms with van der Waals surface area (Å²) in [7, 11) is 1.52. The number of amides is 1. The lowest BCUT2D eigenvalue weighted by Crippen LogP contribution is -2.12. The third-order valence-corrected chi connectivity index (χ3v) is 3.04. The number of aliphatic hydroxyl groups is 1. The Kier molecular flexibility index (Phi) is 4.59. The van der Waals surface area contributed by atoms with Crippen LogP contribution in [0.25, 0.3) is 0 Å². The van der Waals surface area contributed by atoms with Crippen LogP contribution in [0.1, 0.15) is 41.6 Å². The van der Waals surface area contributed by atoms with E-state index in [2.05, 4.69) is 10.5 Å². The van der Waals surface area contributed by atoms with Crippen LogP contribution in [0.5, 0.6) is 5.75 Å². The Labute approximate surface area is 122 Å². The van der Waals surface area contributed by atoms with Crippen LogP contribution in [0.4, 0.5) is 5.69 Å². The van der Waals surface area contributed by atoms with Crippen molar-refractivity contribution in [3.63, 3.8) is 0 Å². The van der Waals surface area contributed by atoms with Gasteiger partial charge >= 0.3 is 0 Å². The number of benzene rings is 1. The fourth-order valence-electron chi connectivity index (χ4n) is 1.84. The van der Waals surface area contributed by atoms with Crippen LogP contribution in [0, 0.1) is 0 Å². The van der Waals surface area contributed by atoms with E-state index >= 15 is 0 Å². The maximum absolute atomic E-state index is 12.1. The summed E-state index contributed by atoms with van der Waals surface area (Å²) in [5, 5.41) is 15.7. The second-order valence-corrected chi connectivity index (χ2v) is 4.91. The number of hydrogen-bond donors (Lipinski definition) is 2. The summed E-state index contributed by atoms with van der Waals surface area (Å²) in [5.41, 5.74) is 1.37. The summed E-state index contributed by atoms with van der Waals surface area (Å²) in [4.78, 5) is 12.1. The average Bonchev–Trinajstić information content (AvgIpc) is 2.97. The van der Waals surface area contributed by atoms with Gasteiger partial charge in [0, 0.05) is 23.2 Å². The first-order valence-electron chi connectivity index (χ1n) is 6.61. The van der Waals surface area contributed by atoms with Crippen molar-refractivity contribution in [2.24, 2.45) is 0 Å². The monoisotopic (exact) mass is 290 g/mol. The summed E-state index contributed by atoms with van der Waals surface area (Å²) >= 11 is 0. The molecule has 6 heteroatoms. The van der Waals surface area contributed by atoms with Crippen LogP contribution < -0.4 is 10.1 Å². The minimum atomic E-state index is -0.361. The summed E-state index contributed by atoms with van der Waals surface area (Å²) in [6.07, 6.45) is 0. The molecule has 0 aliphatic heterocycles. The number of aromatic nitrogens is 1. The van der Waals surface area contributed by atoms with E-state index < -0.39 is 0 Å². The van der Waals surface area contributed by atoms with Gasteiger partial charge in [-0.3, -0.25) is 4.79 Å². The SMILES string of the molecule is COc1ccc(NC(=O)c2cc(C(C)C)on2)cc1CO. The molecular formula is C15H18N2O4. The van der Waals surface area contributed by atoms with E-state index in [0.717, 1.165) is 0 Å². The van der Waals surface area contributed by atoms with Crippen molar-refractivity contribution < 1.29 is 19.2 Å². The highest BCUT2D eigenvalue weighted by Gasteiger charge is 2.15. The minimum Gasteiger partial charge on any atom is -0.496 e. The largest absolute Gasteiger partial charge is 0.496 e. The third-order valence-electron chi connectivity index (χ3n) is 3.04. The fourth-order valence-corrected chi connectivity index (χ4v) is 1.84. The zero-order valence-electron chi connectivity index (χ0n) is 12.2. The Morgan fingerprint density at radius 1 is 1.43 bits per heavy atom. The zero-order valence-corrected chi connectivity index (χ0v) is 12.2. The minimum absolute atomic E-state index is 0.168. The highest BCUT2D eigenvalue weighted by Crippen LogP contribution is 2.23. The zero-order chi connectivity index (χ0) is 15.4. The first kappa shape index (κ1) is 15.1. The molecule has 2 rings (SSSR count). The van der Waals surface area contributed by atoms with Crippen molar-refractivity contribution in [3.8, 4) is 5.75 Å². The van der Waals surface area contributed by atoms with E-state index in [-0.39, 0.29) is 24.1 Å². The third kappa shape index (κ3) is 3.41. The molecule has 6 nitrogen and oxygen atoms in total. The van der Waals surface area contributed by atoms with Crippen LogP contribution in [0.15, 0.2) is 28.8 Å². The lowest BCUT2D eigenvalue weighted by molar-refractivity contribution is 0.101. The lowest BCUT2D eigenvalue weighted by Gasteiger charge is -2.09. The van der Waals surface area contributed by atoms with Crippen molar-refractivity contribution in [1.82, 2.24) is 5.16 Å². The molecule has 0 saturated heterocycles. The predicted molar refractivity (Wildman–Crippen MR) is 77.5 cm³/mol. The van der Waals surface area contributed by atoms with Crippen LogP contribution in [-0.2, 0) is 6.61 Å². The first-order valence-corrected chi connectivity index (χ1v) is 6.61. The second kappa shape index (κ2) is 6.41. The van der Waals surface area contributed by atoms with Gasteiger partial charge in [-0.2, -0.15) is 0 Å². The topological polar surface area (TPSA) is 84.6 Å². The van der Waals surface area contributed by atoms with Crippen LogP contribution in [0.2, 0.25) is 0 Å². The molecule has 1 amide bonds. The summed E-state index contributed by atoms with van der Waals surface area (Å²) in [6, 6.07) is 6.65. The maximum atomic E-state index is 12.1. The van der Waals surface area contributed by atoms with Crippen molar-refractivity contribution in [1.29, 1.82) is 0 Å². The predicted octanol–water partition coefficient (Wildman–Crippen LogP) is 2.55. The molecule has 0 unspecified atom stereocenters. The number of methoxy groups -OCH3 is 1. The molecule has 0 saturated carbocycles. The molecule has 0 atom stereocenters. The molecule has 0 bridgehead atoms. The molecule has 1 aromatic carbocycles. The molecule has 21 heavy (non-hydrogen) atoms. The fraction of sp³-hybridized carbons (Fsp3) is 0.333. The highest BCUT2D eigenvalue weighted by molar-refractivity contribution is 6.02. The van der Waals surface area contributed by atoms with E-state index in [1.807, 2.05) is 13.8 Å². The number of rotatable bonds is 5. The van der Waals surface area contributed by atoms with E-state index in [1.165, 1.54) is 7.11 Å². The van der Waals surface area contributed by atoms with E-state index in [0.29, 0.717) is 22.8 Å². The number of nitrogens with zero attached hydrogens (tertiary/aromatic N) is 1. The summed E-state index contributed by atoms with van der Waals surface area (Å²) in [5.74, 6) is 1.03. The standard InChI is InChI=1S/C15H18N2O4/c1-9(2)14-7-12(17-21-14)15(19)16-11-4-5-13(20-3)10(6-11)8-18/h4-7,9,18H,8H2,1-3H3,(H,16,19). The van der Waals surface area contributed by atoms with Gasteiger partial charge < -0.3 is 19.7 Å². The van der Waals surface area contributed by atoms with Gasteiger partial charge in [-0.15, -0.1) is 0 Å². The number of nitrogens with one attached hydrogen (secondary N) is 1. The summed E-state index contributed by atoms with van der Waals surface area (Å²) in [6.45, 7) is 3.74. The molecule has 0 radical (unpaired) electrons. The number of anilines is 1. The molecule has 1 heterocycles. The molecule has 0 aliphatic rings. The molecular weight excluding hydrogens is 272 g/mol. The summed E-state index contributed by atoms with van der Waals surface area (Å²) < 4.78 is 10.2. The average molecular weight is 290 g/mol. The second-order valence-electron chi connectivity index (χ2n) is 4.91. The number of aliphatic hydroxyl groups excluding tert-OH is 1. The lowest BCUT2D eigenvalue weighted by atomic mass is 10.1. The van der Waals surface area contributed by atoms with Crippen molar-refractivity contribution >= 4 is 11.6 Å². The van der Waals surface area contributed by atoms with Gasteiger partial charge in [0.1, 0.15) is 11.5 Å². The van der Waals surface area contributed by atoms with Crippen molar-refractivity contribution in [2.75, 3.05) is 12.4 Å². The van der Waals surface area contributed by atoms with Crippen LogP contribution in [-0.4, -0.2) is 23.3 Å². The molecule has 0 fully saturated rings. The molecule has 112 valence electrons. The Bertz CT molecular complexity index is 634. The van der Waals surface area contributed by atoms with Crippen LogP contribution in [0.3, 0.4) is 0 Å². The smallest absolute Gasteiger partial charge is 0.277 e. The first-order chi connectivity index (χ1) is 10.0. The van der Waals surface area contributed by atoms with Gasteiger partial charge in [0.15, 0.2) is 5.69 Å². The van der Waals surface area contributed by atoms with E-state index in [9.17, 15) is 9.90 Å². The normalized spacial score (nSPS) is 10.7. The number of ether oxygens (including phenoxy) is 1.